The number of carbonyl (C=O) groups excluding carboxylic acids is 8. The highest BCUT2D eigenvalue weighted by molar-refractivity contribution is 5.93. The van der Waals surface area contributed by atoms with E-state index in [0.717, 1.165) is 101 Å². The zero-order valence-electron chi connectivity index (χ0n) is 62.9. The van der Waals surface area contributed by atoms with E-state index in [1.54, 1.807) is 60.7 Å². The fourth-order valence-corrected chi connectivity index (χ4v) is 10.6. The molecule has 0 bridgehead atoms. The Hall–Kier alpha value is -14.9. The molecule has 1 aliphatic carbocycles. The highest BCUT2D eigenvalue weighted by Crippen LogP contribution is 2.50. The third-order valence-corrected chi connectivity index (χ3v) is 16.4. The molecule has 0 unspecified atom stereocenters. The minimum Gasteiger partial charge on any atom is -0.494 e. The van der Waals surface area contributed by atoms with Crippen LogP contribution in [0.4, 0.5) is 26.3 Å². The number of nitriles is 1. The number of fused-ring (bicyclic) bond motifs is 3. The third kappa shape index (κ3) is 34.2. The van der Waals surface area contributed by atoms with E-state index < -0.39 is 97.1 Å². The van der Waals surface area contributed by atoms with Crippen molar-refractivity contribution in [1.82, 2.24) is 0 Å². The minimum atomic E-state index is -5.64. The lowest BCUT2D eigenvalue weighted by Gasteiger charge is -2.22. The van der Waals surface area contributed by atoms with Crippen molar-refractivity contribution in [1.29, 1.82) is 5.26 Å². The quantitative estimate of drug-likeness (QED) is 0.00670. The standard InChI is InChI=1S/C36H28O10.C30H22F6O10.C22H23NO3.8CH4/c1-4-33(37)43-20-41-25-10-6-23(7-11-25)35(39)45-27-14-16-29-30-17-15-28(19-32(30)22(3)31(29)18-27)46-36(40)24-8-12-26(13-9-24)42-21-44-34(38)5-2;1-3-24(37)44-16-41-19-7-5-18(6-8-19)28(39)46-23-14-13-22(26(29(31,32)33)27(23)30(34,35)36)43-15-40-20-9-11-21(12-10-20)42-17-45-25(38)4-2;1-2-22(24)26-16-6-4-3-5-15-25-21-13-11-20(12-14-21)19-9-7-18(17-23)8-10-19;;;;;;;;/h4-19,22H,1-2,20-21H2,3H3;3-14H,1-2,15-17H2;2,7-14H,1,3-6,15-16H2;8*1H4. The number of carbonyl (C=O) groups is 8. The summed E-state index contributed by atoms with van der Waals surface area (Å²) in [6.07, 6.45) is -2.32. The Kier molecular flexibility index (Phi) is 48.7. The normalized spacial score (nSPS) is 10.2. The second-order valence-corrected chi connectivity index (χ2v) is 24.2. The number of benzene rings is 9. The number of esters is 8. The highest BCUT2D eigenvalue weighted by atomic mass is 19.4. The number of hydrogen-bond acceptors (Lipinski definition) is 24. The van der Waals surface area contributed by atoms with E-state index in [1.807, 2.05) is 79.7 Å². The molecule has 0 saturated heterocycles. The van der Waals surface area contributed by atoms with Crippen LogP contribution < -0.4 is 47.4 Å². The van der Waals surface area contributed by atoms with Crippen molar-refractivity contribution in [3.8, 4) is 85.8 Å². The summed E-state index contributed by atoms with van der Waals surface area (Å²) < 4.78 is 161. The molecular weight excluding hydrogens is 1650 g/mol. The van der Waals surface area contributed by atoms with E-state index in [-0.39, 0.29) is 108 Å². The van der Waals surface area contributed by atoms with Crippen LogP contribution in [0.2, 0.25) is 0 Å². The summed E-state index contributed by atoms with van der Waals surface area (Å²) in [5.74, 6) is -5.49. The Morgan fingerprint density at radius 2 is 0.619 bits per heavy atom. The van der Waals surface area contributed by atoms with Crippen LogP contribution in [0, 0.1) is 11.3 Å². The molecule has 24 nitrogen and oxygen atoms in total. The molecule has 0 spiro atoms. The van der Waals surface area contributed by atoms with E-state index in [2.05, 4.69) is 48.4 Å². The molecule has 674 valence electrons. The van der Waals surface area contributed by atoms with Crippen LogP contribution in [-0.4, -0.2) is 94.9 Å². The lowest BCUT2D eigenvalue weighted by atomic mass is 9.99. The van der Waals surface area contributed by atoms with Crippen LogP contribution in [-0.2, 0) is 60.0 Å². The summed E-state index contributed by atoms with van der Waals surface area (Å²) in [5, 5.41) is 8.84. The van der Waals surface area contributed by atoms with Crippen molar-refractivity contribution in [3.63, 3.8) is 0 Å². The Bertz CT molecular complexity index is 4950. The molecule has 0 radical (unpaired) electrons. The summed E-state index contributed by atoms with van der Waals surface area (Å²) in [4.78, 5) is 93.3. The maximum atomic E-state index is 14.0. The van der Waals surface area contributed by atoms with Crippen LogP contribution in [0.15, 0.2) is 257 Å². The number of hydrogen-bond donors (Lipinski definition) is 0. The second-order valence-electron chi connectivity index (χ2n) is 24.2. The number of unbranched alkanes of at least 4 members (excludes halogenated alkanes) is 3. The molecule has 0 saturated carbocycles. The van der Waals surface area contributed by atoms with Gasteiger partial charge < -0.3 is 71.1 Å². The van der Waals surface area contributed by atoms with Crippen LogP contribution >= 0.6 is 0 Å². The van der Waals surface area contributed by atoms with Gasteiger partial charge >= 0.3 is 60.1 Å². The summed E-state index contributed by atoms with van der Waals surface area (Å²) in [7, 11) is 0. The fraction of sp³-hybridized carbons (Fsp3) is 0.240. The maximum absolute atomic E-state index is 14.0. The van der Waals surface area contributed by atoms with Gasteiger partial charge in [0.25, 0.3) is 0 Å². The lowest BCUT2D eigenvalue weighted by Crippen LogP contribution is -2.22. The Morgan fingerprint density at radius 3 is 0.968 bits per heavy atom. The second kappa shape index (κ2) is 55.2. The summed E-state index contributed by atoms with van der Waals surface area (Å²) in [5.41, 5.74) is 2.51. The SMILES string of the molecule is C.C.C.C.C.C.C.C.C=CC(=O)OCCCCCCOc1ccc(-c2ccc(C#N)cc2)cc1.C=CC(=O)OCOc1ccc(C(=O)Oc2ccc3c(c2)C(C)c2cc(OC(=O)c4ccc(OCOC(=O)C=C)cc4)ccc2-3)cc1.C=CC(=O)OCOc1ccc(OCOc2ccc(OC(=O)c3ccc(OCOC(=O)C=C)cc3)c(C(F)(F)F)c2C(F)(F)F)cc1. The smallest absolute Gasteiger partial charge is 0.420 e. The van der Waals surface area contributed by atoms with Crippen LogP contribution in [0.3, 0.4) is 0 Å². The van der Waals surface area contributed by atoms with Crippen molar-refractivity contribution in [2.75, 3.05) is 47.2 Å². The molecular formula is C96H105F6NO23. The predicted octanol–water partition coefficient (Wildman–Crippen LogP) is 22.9. The zero-order chi connectivity index (χ0) is 85.2. The fourth-order valence-electron chi connectivity index (χ4n) is 10.6. The molecule has 9 aromatic rings. The van der Waals surface area contributed by atoms with Gasteiger partial charge in [0, 0.05) is 36.3 Å². The van der Waals surface area contributed by atoms with Gasteiger partial charge in [-0.2, -0.15) is 31.6 Å². The number of halogens is 6. The number of rotatable bonds is 36. The molecule has 0 N–H and O–H groups in total. The molecule has 10 rings (SSSR count). The van der Waals surface area contributed by atoms with Crippen LogP contribution in [0.5, 0.6) is 57.5 Å². The van der Waals surface area contributed by atoms with Crippen LogP contribution in [0.25, 0.3) is 22.3 Å². The maximum Gasteiger partial charge on any atom is 0.420 e. The largest absolute Gasteiger partial charge is 0.494 e. The van der Waals surface area contributed by atoms with E-state index in [4.69, 9.17) is 66.8 Å². The monoisotopic (exact) mass is 1750 g/mol. The van der Waals surface area contributed by atoms with Crippen molar-refractivity contribution in [2.45, 2.75) is 110 Å². The predicted molar refractivity (Wildman–Crippen MR) is 465 cm³/mol. The number of nitrogens with zero attached hydrogens (tertiary/aromatic N) is 1. The lowest BCUT2D eigenvalue weighted by molar-refractivity contribution is -0.164. The van der Waals surface area contributed by atoms with Gasteiger partial charge in [-0.1, -0.05) is 136 Å². The van der Waals surface area contributed by atoms with Gasteiger partial charge in [0.2, 0.25) is 34.0 Å². The summed E-state index contributed by atoms with van der Waals surface area (Å²) in [6.45, 7) is 17.1. The minimum absolute atomic E-state index is 0. The molecule has 0 atom stereocenters. The molecule has 0 fully saturated rings. The first-order valence-electron chi connectivity index (χ1n) is 35.3. The molecule has 0 aliphatic heterocycles. The molecule has 126 heavy (non-hydrogen) atoms. The highest BCUT2D eigenvalue weighted by Gasteiger charge is 2.49. The summed E-state index contributed by atoms with van der Waals surface area (Å²) >= 11 is 0. The van der Waals surface area contributed by atoms with Gasteiger partial charge in [-0.05, 0) is 217 Å². The number of ether oxygens (including phenoxy) is 15. The molecule has 1 aliphatic rings. The first-order valence-corrected chi connectivity index (χ1v) is 35.3. The number of alkyl halides is 6. The van der Waals surface area contributed by atoms with E-state index in [9.17, 15) is 64.7 Å². The average Bonchev–Trinajstić information content (AvgIpc) is 0.954. The molecule has 30 heteroatoms. The van der Waals surface area contributed by atoms with Gasteiger partial charge in [-0.3, -0.25) is 0 Å². The third-order valence-electron chi connectivity index (χ3n) is 16.4. The Labute approximate surface area is 730 Å². The molecule has 0 aromatic heterocycles. The van der Waals surface area contributed by atoms with Gasteiger partial charge in [-0.25, -0.2) is 38.4 Å². The Morgan fingerprint density at radius 1 is 0.333 bits per heavy atom. The van der Waals surface area contributed by atoms with Gasteiger partial charge in [0.05, 0.1) is 41.5 Å². The van der Waals surface area contributed by atoms with Crippen molar-refractivity contribution >= 4 is 47.8 Å². The molecule has 0 amide bonds. The molecule has 9 aromatic carbocycles. The topological polar surface area (TPSA) is 299 Å². The molecule has 0 heterocycles. The van der Waals surface area contributed by atoms with E-state index in [1.165, 1.54) is 42.5 Å². The van der Waals surface area contributed by atoms with Gasteiger partial charge in [0.15, 0.2) is 0 Å². The first-order chi connectivity index (χ1) is 56.7. The van der Waals surface area contributed by atoms with Crippen molar-refractivity contribution < 1.29 is 136 Å². The van der Waals surface area contributed by atoms with E-state index >= 15 is 0 Å². The van der Waals surface area contributed by atoms with Crippen molar-refractivity contribution in [3.05, 3.63) is 302 Å². The zero-order valence-corrected chi connectivity index (χ0v) is 62.9. The van der Waals surface area contributed by atoms with Gasteiger partial charge in [-0.15, -0.1) is 0 Å². The van der Waals surface area contributed by atoms with Gasteiger partial charge in [0.1, 0.15) is 68.6 Å². The van der Waals surface area contributed by atoms with E-state index in [0.29, 0.717) is 65.0 Å². The van der Waals surface area contributed by atoms with Crippen LogP contribution in [0.1, 0.15) is 157 Å². The Balaban J connectivity index is 0.00000187. The summed E-state index contributed by atoms with van der Waals surface area (Å²) in [6, 6.07) is 51.9. The first kappa shape index (κ1) is 111. The van der Waals surface area contributed by atoms with Crippen molar-refractivity contribution in [2.24, 2.45) is 0 Å². The average molecular weight is 1750 g/mol.